The monoisotopic (exact) mass is 566 g/mol. The number of phenolic OH excluding ortho intramolecular Hbond substituents is 1. The minimum absolute atomic E-state index is 0.0127. The summed E-state index contributed by atoms with van der Waals surface area (Å²) in [7, 11) is 0. The van der Waals surface area contributed by atoms with Crippen LogP contribution in [0.25, 0.3) is 39.5 Å². The second-order valence-corrected chi connectivity index (χ2v) is 10.8. The zero-order valence-corrected chi connectivity index (χ0v) is 23.4. The van der Waals surface area contributed by atoms with Crippen molar-refractivity contribution in [3.05, 3.63) is 119 Å². The van der Waals surface area contributed by atoms with Crippen molar-refractivity contribution in [2.75, 3.05) is 12.3 Å². The van der Waals surface area contributed by atoms with Crippen LogP contribution in [0.4, 0.5) is 5.82 Å². The number of phenols is 1. The van der Waals surface area contributed by atoms with Gasteiger partial charge in [-0.25, -0.2) is 15.0 Å². The Morgan fingerprint density at radius 1 is 0.977 bits per heavy atom. The number of anilines is 1. The number of aromatic hydroxyl groups is 1. The third-order valence-electron chi connectivity index (χ3n) is 8.14. The molecule has 212 valence electrons. The Morgan fingerprint density at radius 2 is 1.86 bits per heavy atom. The average Bonchev–Trinajstić information content (AvgIpc) is 3.63. The van der Waals surface area contributed by atoms with Crippen LogP contribution in [0.3, 0.4) is 0 Å². The standard InChI is InChI=1S/C35H30N6O2/c36-33-28(7-4-17-38-33)34-40-31-14-13-29(23-5-2-1-3-6-23)39-35(31)41(34)26-10-11-27-24(20-26)9-12-30(27)37-18-16-22-8-15-32(43)25(19-22)21-42/h1-8,10-11,13-15,17,19-21,30,37,43H,9,12,16,18H2,(H2,36,38). The van der Waals surface area contributed by atoms with Gasteiger partial charge in [0.1, 0.15) is 17.1 Å². The number of pyridine rings is 2. The van der Waals surface area contributed by atoms with Gasteiger partial charge in [0, 0.05) is 23.5 Å². The summed E-state index contributed by atoms with van der Waals surface area (Å²) in [6.07, 6.45) is 5.08. The fraction of sp³-hybridized carbons (Fsp3) is 0.143. The first kappa shape index (κ1) is 26.6. The van der Waals surface area contributed by atoms with E-state index in [0.717, 1.165) is 65.0 Å². The maximum absolute atomic E-state index is 11.2. The fourth-order valence-corrected chi connectivity index (χ4v) is 5.96. The Balaban J connectivity index is 1.22. The Labute approximate surface area is 248 Å². The van der Waals surface area contributed by atoms with E-state index in [1.54, 1.807) is 18.3 Å². The van der Waals surface area contributed by atoms with Gasteiger partial charge < -0.3 is 16.2 Å². The minimum Gasteiger partial charge on any atom is -0.507 e. The molecule has 6 aromatic rings. The lowest BCUT2D eigenvalue weighted by atomic mass is 10.1. The van der Waals surface area contributed by atoms with Gasteiger partial charge in [-0.1, -0.05) is 42.5 Å². The molecule has 0 aliphatic heterocycles. The van der Waals surface area contributed by atoms with Crippen LogP contribution < -0.4 is 11.1 Å². The molecule has 8 nitrogen and oxygen atoms in total. The highest BCUT2D eigenvalue weighted by Gasteiger charge is 2.24. The fourth-order valence-electron chi connectivity index (χ4n) is 5.96. The summed E-state index contributed by atoms with van der Waals surface area (Å²) in [6.45, 7) is 0.762. The van der Waals surface area contributed by atoms with Crippen molar-refractivity contribution in [2.45, 2.75) is 25.3 Å². The van der Waals surface area contributed by atoms with Crippen LogP contribution in [-0.4, -0.2) is 37.5 Å². The van der Waals surface area contributed by atoms with Crippen molar-refractivity contribution in [2.24, 2.45) is 0 Å². The number of carbonyl (C=O) groups is 1. The van der Waals surface area contributed by atoms with E-state index in [1.807, 2.05) is 48.5 Å². The highest BCUT2D eigenvalue weighted by atomic mass is 16.3. The third-order valence-corrected chi connectivity index (χ3v) is 8.14. The number of rotatable bonds is 8. The van der Waals surface area contributed by atoms with Crippen LogP contribution in [0.1, 0.15) is 39.5 Å². The summed E-state index contributed by atoms with van der Waals surface area (Å²) in [6, 6.07) is 29.9. The number of benzene rings is 3. The first-order chi connectivity index (χ1) is 21.1. The number of nitrogens with one attached hydrogen (secondary N) is 1. The molecule has 1 aliphatic rings. The molecule has 1 unspecified atom stereocenters. The van der Waals surface area contributed by atoms with E-state index < -0.39 is 0 Å². The number of nitrogen functional groups attached to an aromatic ring is 1. The van der Waals surface area contributed by atoms with E-state index in [-0.39, 0.29) is 11.8 Å². The first-order valence-electron chi connectivity index (χ1n) is 14.4. The van der Waals surface area contributed by atoms with E-state index in [1.165, 1.54) is 11.1 Å². The molecule has 0 radical (unpaired) electrons. The summed E-state index contributed by atoms with van der Waals surface area (Å²) < 4.78 is 2.09. The average molecular weight is 567 g/mol. The number of fused-ring (bicyclic) bond motifs is 2. The number of aryl methyl sites for hydroxylation is 1. The second kappa shape index (κ2) is 11.2. The van der Waals surface area contributed by atoms with Crippen molar-refractivity contribution in [3.8, 4) is 34.1 Å². The molecule has 0 amide bonds. The van der Waals surface area contributed by atoms with E-state index in [0.29, 0.717) is 23.5 Å². The number of hydrogen-bond donors (Lipinski definition) is 3. The number of imidazole rings is 1. The Hall–Kier alpha value is -5.34. The van der Waals surface area contributed by atoms with Crippen LogP contribution in [-0.2, 0) is 12.8 Å². The lowest BCUT2D eigenvalue weighted by Gasteiger charge is -2.16. The molecule has 7 rings (SSSR count). The van der Waals surface area contributed by atoms with Crippen LogP contribution in [0, 0.1) is 0 Å². The molecule has 0 saturated heterocycles. The van der Waals surface area contributed by atoms with Gasteiger partial charge in [-0.05, 0) is 91.0 Å². The van der Waals surface area contributed by atoms with E-state index in [2.05, 4.69) is 45.2 Å². The zero-order chi connectivity index (χ0) is 29.3. The van der Waals surface area contributed by atoms with Crippen LogP contribution in [0.2, 0.25) is 0 Å². The van der Waals surface area contributed by atoms with Gasteiger partial charge in [0.15, 0.2) is 17.8 Å². The van der Waals surface area contributed by atoms with E-state index in [9.17, 15) is 9.90 Å². The van der Waals surface area contributed by atoms with Gasteiger partial charge in [0.05, 0.1) is 16.8 Å². The number of carbonyl (C=O) groups excluding carboxylic acids is 1. The van der Waals surface area contributed by atoms with Crippen molar-refractivity contribution in [3.63, 3.8) is 0 Å². The summed E-state index contributed by atoms with van der Waals surface area (Å²) in [5, 5.41) is 13.5. The normalized spacial score (nSPS) is 14.2. The van der Waals surface area contributed by atoms with Gasteiger partial charge in [-0.15, -0.1) is 0 Å². The van der Waals surface area contributed by atoms with Crippen molar-refractivity contribution < 1.29 is 9.90 Å². The first-order valence-corrected chi connectivity index (χ1v) is 14.4. The predicted octanol–water partition coefficient (Wildman–Crippen LogP) is 6.07. The molecular weight excluding hydrogens is 536 g/mol. The molecule has 1 aliphatic carbocycles. The number of aldehydes is 1. The van der Waals surface area contributed by atoms with Gasteiger partial charge in [-0.2, -0.15) is 0 Å². The number of nitrogens with two attached hydrogens (primary N) is 1. The van der Waals surface area contributed by atoms with E-state index in [4.69, 9.17) is 15.7 Å². The van der Waals surface area contributed by atoms with Crippen molar-refractivity contribution in [1.29, 1.82) is 0 Å². The minimum atomic E-state index is 0.0127. The maximum atomic E-state index is 11.2. The molecule has 3 heterocycles. The van der Waals surface area contributed by atoms with E-state index >= 15 is 0 Å². The van der Waals surface area contributed by atoms with Gasteiger partial charge in [-0.3, -0.25) is 9.36 Å². The molecule has 1 atom stereocenters. The number of hydrogen-bond acceptors (Lipinski definition) is 7. The molecular formula is C35H30N6O2. The lowest BCUT2D eigenvalue weighted by Crippen LogP contribution is -2.22. The molecule has 4 N–H and O–H groups in total. The molecule has 8 heteroatoms. The van der Waals surface area contributed by atoms with Crippen LogP contribution in [0.15, 0.2) is 97.2 Å². The second-order valence-electron chi connectivity index (χ2n) is 10.8. The van der Waals surface area contributed by atoms with Gasteiger partial charge >= 0.3 is 0 Å². The highest BCUT2D eigenvalue weighted by molar-refractivity contribution is 5.84. The smallest absolute Gasteiger partial charge is 0.165 e. The summed E-state index contributed by atoms with van der Waals surface area (Å²) >= 11 is 0. The lowest BCUT2D eigenvalue weighted by molar-refractivity contribution is 0.112. The van der Waals surface area contributed by atoms with Gasteiger partial charge in [0.2, 0.25) is 0 Å². The molecule has 0 fully saturated rings. The topological polar surface area (TPSA) is 119 Å². The molecule has 0 saturated carbocycles. The SMILES string of the molecule is Nc1ncccc1-c1nc2ccc(-c3ccccc3)nc2n1-c1ccc2c(c1)CCC2NCCc1ccc(O)c(C=O)c1. The quantitative estimate of drug-likeness (QED) is 0.191. The number of nitrogens with zero attached hydrogens (tertiary/aromatic N) is 4. The molecule has 0 bridgehead atoms. The largest absolute Gasteiger partial charge is 0.507 e. The Bertz CT molecular complexity index is 1970. The zero-order valence-electron chi connectivity index (χ0n) is 23.4. The Morgan fingerprint density at radius 3 is 2.70 bits per heavy atom. The molecule has 3 aromatic carbocycles. The predicted molar refractivity (Wildman–Crippen MR) is 168 cm³/mol. The highest BCUT2D eigenvalue weighted by Crippen LogP contribution is 2.36. The third kappa shape index (κ3) is 5.02. The Kier molecular flexibility index (Phi) is 6.89. The maximum Gasteiger partial charge on any atom is 0.165 e. The molecule has 3 aromatic heterocycles. The number of aromatic nitrogens is 4. The summed E-state index contributed by atoms with van der Waals surface area (Å²) in [5.41, 5.74) is 15.4. The van der Waals surface area contributed by atoms with Gasteiger partial charge in [0.25, 0.3) is 0 Å². The van der Waals surface area contributed by atoms with Crippen LogP contribution in [0.5, 0.6) is 5.75 Å². The van der Waals surface area contributed by atoms with Crippen molar-refractivity contribution >= 4 is 23.3 Å². The summed E-state index contributed by atoms with van der Waals surface area (Å²) in [4.78, 5) is 25.6. The van der Waals surface area contributed by atoms with Crippen molar-refractivity contribution in [1.82, 2.24) is 24.8 Å². The van der Waals surface area contributed by atoms with Crippen LogP contribution >= 0.6 is 0 Å². The molecule has 43 heavy (non-hydrogen) atoms. The molecule has 0 spiro atoms. The summed E-state index contributed by atoms with van der Waals surface area (Å²) in [5.74, 6) is 1.13.